The Balaban J connectivity index is 4.85. The van der Waals surface area contributed by atoms with Gasteiger partial charge in [0.25, 0.3) is 0 Å². The number of carbonyl (C=O) groups is 1. The number of hydrogen-bond donors (Lipinski definition) is 2. The molecule has 0 heterocycles. The van der Waals surface area contributed by atoms with Gasteiger partial charge < -0.3 is 5.11 Å². The molecule has 0 aliphatic carbocycles. The van der Waals surface area contributed by atoms with E-state index in [1.54, 1.807) is 34.6 Å². The van der Waals surface area contributed by atoms with Crippen LogP contribution in [0.4, 0.5) is 0 Å². The van der Waals surface area contributed by atoms with E-state index < -0.39 is 27.4 Å². The predicted octanol–water partition coefficient (Wildman–Crippen LogP) is 1.06. The highest BCUT2D eigenvalue weighted by Gasteiger charge is 2.34. The third-order valence-corrected chi connectivity index (χ3v) is 3.66. The van der Waals surface area contributed by atoms with E-state index in [-0.39, 0.29) is 11.7 Å². The van der Waals surface area contributed by atoms with Crippen LogP contribution in [0.25, 0.3) is 0 Å². The van der Waals surface area contributed by atoms with Gasteiger partial charge >= 0.3 is 5.97 Å². The topological polar surface area (TPSA) is 83.5 Å². The quantitative estimate of drug-likeness (QED) is 0.765. The third kappa shape index (κ3) is 5.46. The van der Waals surface area contributed by atoms with Gasteiger partial charge in [-0.15, -0.1) is 0 Å². The van der Waals surface area contributed by atoms with Crippen molar-refractivity contribution in [2.45, 2.75) is 40.7 Å². The Hall–Kier alpha value is -0.620. The summed E-state index contributed by atoms with van der Waals surface area (Å²) in [5.74, 6) is -1.25. The molecule has 0 amide bonds. The zero-order chi connectivity index (χ0) is 13.1. The van der Waals surface area contributed by atoms with Crippen molar-refractivity contribution >= 4 is 16.0 Å². The van der Waals surface area contributed by atoms with E-state index in [2.05, 4.69) is 4.72 Å². The molecule has 0 aliphatic rings. The summed E-state index contributed by atoms with van der Waals surface area (Å²) in [5.41, 5.74) is -0.657. The van der Waals surface area contributed by atoms with Crippen LogP contribution in [-0.4, -0.2) is 31.3 Å². The summed E-state index contributed by atoms with van der Waals surface area (Å²) >= 11 is 0. The Labute approximate surface area is 97.3 Å². The Bertz CT molecular complexity index is 340. The average Bonchev–Trinajstić information content (AvgIpc) is 1.94. The molecule has 0 radical (unpaired) electrons. The molecule has 6 heteroatoms. The molecule has 0 saturated heterocycles. The van der Waals surface area contributed by atoms with Crippen molar-refractivity contribution in [1.82, 2.24) is 4.72 Å². The van der Waals surface area contributed by atoms with Crippen molar-refractivity contribution in [1.29, 1.82) is 0 Å². The van der Waals surface area contributed by atoms with Crippen molar-refractivity contribution in [3.05, 3.63) is 0 Å². The Morgan fingerprint density at radius 2 is 1.75 bits per heavy atom. The van der Waals surface area contributed by atoms with Gasteiger partial charge in [-0.3, -0.25) is 4.79 Å². The first-order chi connectivity index (χ1) is 6.96. The maximum atomic E-state index is 11.6. The summed E-state index contributed by atoms with van der Waals surface area (Å²) in [6.07, 6.45) is 0. The van der Waals surface area contributed by atoms with Crippen LogP contribution in [0.5, 0.6) is 0 Å². The highest BCUT2D eigenvalue weighted by Crippen LogP contribution is 2.20. The van der Waals surface area contributed by atoms with E-state index in [1.807, 2.05) is 0 Å². The van der Waals surface area contributed by atoms with Crippen LogP contribution >= 0.6 is 0 Å². The standard InChI is InChI=1S/C10H21NO4S/c1-7(2)6-16(14,15)11-8(9(12)13)10(3,4)5/h7-8,11H,6H2,1-5H3,(H,12,13). The molecule has 16 heavy (non-hydrogen) atoms. The van der Waals surface area contributed by atoms with Gasteiger partial charge in [-0.25, -0.2) is 13.1 Å². The van der Waals surface area contributed by atoms with Crippen molar-refractivity contribution in [3.63, 3.8) is 0 Å². The van der Waals surface area contributed by atoms with Crippen LogP contribution < -0.4 is 4.72 Å². The molecule has 0 aromatic rings. The fourth-order valence-electron chi connectivity index (χ4n) is 1.26. The van der Waals surface area contributed by atoms with E-state index >= 15 is 0 Å². The van der Waals surface area contributed by atoms with Crippen molar-refractivity contribution < 1.29 is 18.3 Å². The van der Waals surface area contributed by atoms with Crippen LogP contribution in [0.1, 0.15) is 34.6 Å². The molecule has 1 atom stereocenters. The van der Waals surface area contributed by atoms with Crippen molar-refractivity contribution in [2.24, 2.45) is 11.3 Å². The van der Waals surface area contributed by atoms with E-state index in [1.165, 1.54) is 0 Å². The van der Waals surface area contributed by atoms with E-state index in [9.17, 15) is 13.2 Å². The molecule has 5 nitrogen and oxygen atoms in total. The summed E-state index contributed by atoms with van der Waals surface area (Å²) in [6, 6.07) is -1.10. The number of aliphatic carboxylic acids is 1. The first-order valence-corrected chi connectivity index (χ1v) is 6.84. The molecular formula is C10H21NO4S. The lowest BCUT2D eigenvalue weighted by molar-refractivity contribution is -0.141. The second kappa shape index (κ2) is 5.14. The largest absolute Gasteiger partial charge is 0.480 e. The first-order valence-electron chi connectivity index (χ1n) is 5.18. The van der Waals surface area contributed by atoms with E-state index in [0.717, 1.165) is 0 Å². The number of rotatable bonds is 5. The molecule has 0 aliphatic heterocycles. The highest BCUT2D eigenvalue weighted by molar-refractivity contribution is 7.89. The Kier molecular flexibility index (Phi) is 4.94. The molecule has 0 spiro atoms. The number of hydrogen-bond acceptors (Lipinski definition) is 3. The molecule has 1 unspecified atom stereocenters. The monoisotopic (exact) mass is 251 g/mol. The van der Waals surface area contributed by atoms with Gasteiger partial charge in [0.15, 0.2) is 0 Å². The summed E-state index contributed by atoms with van der Waals surface area (Å²) < 4.78 is 25.5. The SMILES string of the molecule is CC(C)CS(=O)(=O)NC(C(=O)O)C(C)(C)C. The van der Waals surface area contributed by atoms with Gasteiger partial charge in [-0.2, -0.15) is 0 Å². The first kappa shape index (κ1) is 15.4. The second-order valence-electron chi connectivity index (χ2n) is 5.43. The van der Waals surface area contributed by atoms with Gasteiger partial charge in [-0.1, -0.05) is 34.6 Å². The number of sulfonamides is 1. The number of carboxylic acid groups (broad SMARTS) is 1. The molecule has 0 rings (SSSR count). The Morgan fingerprint density at radius 3 is 2.00 bits per heavy atom. The zero-order valence-electron chi connectivity index (χ0n) is 10.4. The van der Waals surface area contributed by atoms with Crippen LogP contribution in [0.2, 0.25) is 0 Å². The summed E-state index contributed by atoms with van der Waals surface area (Å²) in [4.78, 5) is 11.0. The van der Waals surface area contributed by atoms with Gasteiger partial charge in [-0.05, 0) is 11.3 Å². The van der Waals surface area contributed by atoms with Crippen LogP contribution in [0.15, 0.2) is 0 Å². The molecule has 0 aromatic heterocycles. The lowest BCUT2D eigenvalue weighted by atomic mass is 9.88. The van der Waals surface area contributed by atoms with Crippen molar-refractivity contribution in [2.75, 3.05) is 5.75 Å². The normalized spacial score (nSPS) is 15.1. The molecule has 96 valence electrons. The summed E-state index contributed by atoms with van der Waals surface area (Å²) in [7, 11) is -3.54. The van der Waals surface area contributed by atoms with Crippen LogP contribution in [-0.2, 0) is 14.8 Å². The maximum absolute atomic E-state index is 11.6. The highest BCUT2D eigenvalue weighted by atomic mass is 32.2. The molecule has 0 saturated carbocycles. The molecular weight excluding hydrogens is 230 g/mol. The van der Waals surface area contributed by atoms with Gasteiger partial charge in [0.2, 0.25) is 10.0 Å². The fraction of sp³-hybridized carbons (Fsp3) is 0.900. The third-order valence-electron chi connectivity index (χ3n) is 1.96. The fourth-order valence-corrected chi connectivity index (χ4v) is 3.05. The molecule has 0 aromatic carbocycles. The minimum absolute atomic E-state index is 0.0353. The molecule has 2 N–H and O–H groups in total. The lowest BCUT2D eigenvalue weighted by Crippen LogP contribution is -2.50. The number of carboxylic acids is 1. The summed E-state index contributed by atoms with van der Waals surface area (Å²) in [6.45, 7) is 8.59. The van der Waals surface area contributed by atoms with E-state index in [4.69, 9.17) is 5.11 Å². The minimum atomic E-state index is -3.54. The maximum Gasteiger partial charge on any atom is 0.322 e. The van der Waals surface area contributed by atoms with Crippen LogP contribution in [0, 0.1) is 11.3 Å². The molecule has 0 fully saturated rings. The predicted molar refractivity (Wildman–Crippen MR) is 62.6 cm³/mol. The smallest absolute Gasteiger partial charge is 0.322 e. The molecule has 0 bridgehead atoms. The second-order valence-corrected chi connectivity index (χ2v) is 7.23. The Morgan fingerprint density at radius 1 is 1.31 bits per heavy atom. The lowest BCUT2D eigenvalue weighted by Gasteiger charge is -2.27. The minimum Gasteiger partial charge on any atom is -0.480 e. The van der Waals surface area contributed by atoms with E-state index in [0.29, 0.717) is 0 Å². The zero-order valence-corrected chi connectivity index (χ0v) is 11.3. The average molecular weight is 251 g/mol. The van der Waals surface area contributed by atoms with Gasteiger partial charge in [0, 0.05) is 0 Å². The van der Waals surface area contributed by atoms with Gasteiger partial charge in [0.1, 0.15) is 6.04 Å². The van der Waals surface area contributed by atoms with Gasteiger partial charge in [0.05, 0.1) is 5.75 Å². The van der Waals surface area contributed by atoms with Crippen molar-refractivity contribution in [3.8, 4) is 0 Å². The van der Waals surface area contributed by atoms with Crippen LogP contribution in [0.3, 0.4) is 0 Å². The summed E-state index contributed by atoms with van der Waals surface area (Å²) in [5, 5.41) is 8.98. The number of nitrogens with one attached hydrogen (secondary N) is 1.